The van der Waals surface area contributed by atoms with E-state index in [1.807, 2.05) is 18.7 Å². The molecule has 2 rings (SSSR count). The molecule has 96 valence electrons. The van der Waals surface area contributed by atoms with E-state index < -0.39 is 0 Å². The Kier molecular flexibility index (Phi) is 3.06. The van der Waals surface area contributed by atoms with Gasteiger partial charge in [-0.3, -0.25) is 4.68 Å². The Morgan fingerprint density at radius 2 is 1.94 bits per heavy atom. The molecule has 1 aromatic rings. The van der Waals surface area contributed by atoms with Gasteiger partial charge in [0, 0.05) is 20.1 Å². The van der Waals surface area contributed by atoms with Gasteiger partial charge < -0.3 is 10.6 Å². The molecule has 1 aromatic heterocycles. The van der Waals surface area contributed by atoms with E-state index in [2.05, 4.69) is 23.8 Å². The van der Waals surface area contributed by atoms with Crippen LogP contribution < -0.4 is 10.6 Å². The number of nitrogens with zero attached hydrogens (tertiary/aromatic N) is 3. The number of aromatic nitrogens is 2. The molecule has 4 heteroatoms. The van der Waals surface area contributed by atoms with Gasteiger partial charge in [0.15, 0.2) is 0 Å². The molecular formula is C13H24N4. The number of rotatable bonds is 2. The van der Waals surface area contributed by atoms with Crippen molar-refractivity contribution in [2.75, 3.05) is 23.7 Å². The van der Waals surface area contributed by atoms with Gasteiger partial charge in [-0.15, -0.1) is 0 Å². The second kappa shape index (κ2) is 4.24. The maximum absolute atomic E-state index is 6.11. The van der Waals surface area contributed by atoms with Gasteiger partial charge in [0.2, 0.25) is 0 Å². The monoisotopic (exact) mass is 236 g/mol. The maximum atomic E-state index is 6.11. The summed E-state index contributed by atoms with van der Waals surface area (Å²) in [5.41, 5.74) is 8.40. The molecule has 1 aliphatic rings. The van der Waals surface area contributed by atoms with Gasteiger partial charge in [0.25, 0.3) is 0 Å². The molecule has 0 unspecified atom stereocenters. The van der Waals surface area contributed by atoms with Crippen LogP contribution in [0.1, 0.15) is 38.8 Å². The maximum Gasteiger partial charge on any atom is 0.150 e. The molecule has 2 heterocycles. The molecule has 2 N–H and O–H groups in total. The van der Waals surface area contributed by atoms with Crippen molar-refractivity contribution < 1.29 is 0 Å². The number of aryl methyl sites for hydroxylation is 2. The molecule has 0 bridgehead atoms. The third-order valence-electron chi connectivity index (χ3n) is 4.36. The van der Waals surface area contributed by atoms with Crippen molar-refractivity contribution in [1.82, 2.24) is 9.78 Å². The molecule has 0 spiro atoms. The highest BCUT2D eigenvalue weighted by molar-refractivity contribution is 5.66. The first kappa shape index (κ1) is 12.3. The summed E-state index contributed by atoms with van der Waals surface area (Å²) in [6.07, 6.45) is 3.75. The number of nitrogens with two attached hydrogens (primary N) is 1. The van der Waals surface area contributed by atoms with E-state index in [4.69, 9.17) is 5.73 Å². The Labute approximate surface area is 104 Å². The quantitative estimate of drug-likeness (QED) is 0.857. The van der Waals surface area contributed by atoms with Crippen LogP contribution in [0, 0.1) is 12.3 Å². The lowest BCUT2D eigenvalue weighted by Gasteiger charge is -2.39. The van der Waals surface area contributed by atoms with Gasteiger partial charge in [0.05, 0.1) is 11.4 Å². The first-order valence-corrected chi connectivity index (χ1v) is 6.51. The zero-order valence-electron chi connectivity index (χ0n) is 11.5. The van der Waals surface area contributed by atoms with Crippen molar-refractivity contribution in [2.24, 2.45) is 12.5 Å². The molecular weight excluding hydrogens is 212 g/mol. The molecule has 1 fully saturated rings. The third kappa shape index (κ3) is 2.13. The lowest BCUT2D eigenvalue weighted by molar-refractivity contribution is 0.237. The van der Waals surface area contributed by atoms with Gasteiger partial charge in [-0.05, 0) is 25.2 Å². The predicted octanol–water partition coefficient (Wildman–Crippen LogP) is 2.33. The van der Waals surface area contributed by atoms with Crippen LogP contribution in [0.5, 0.6) is 0 Å². The van der Waals surface area contributed by atoms with E-state index in [0.29, 0.717) is 5.41 Å². The predicted molar refractivity (Wildman–Crippen MR) is 72.2 cm³/mol. The van der Waals surface area contributed by atoms with E-state index in [0.717, 1.165) is 30.3 Å². The largest absolute Gasteiger partial charge is 0.394 e. The number of hydrogen-bond acceptors (Lipinski definition) is 3. The summed E-state index contributed by atoms with van der Waals surface area (Å²) >= 11 is 0. The summed E-state index contributed by atoms with van der Waals surface area (Å²) < 4.78 is 1.92. The fourth-order valence-corrected chi connectivity index (χ4v) is 2.65. The van der Waals surface area contributed by atoms with Crippen LogP contribution in [0.25, 0.3) is 0 Å². The fraction of sp³-hybridized carbons (Fsp3) is 0.769. The van der Waals surface area contributed by atoms with Crippen molar-refractivity contribution in [3.8, 4) is 0 Å². The Morgan fingerprint density at radius 3 is 2.35 bits per heavy atom. The van der Waals surface area contributed by atoms with Crippen molar-refractivity contribution >= 4 is 11.5 Å². The second-order valence-electron chi connectivity index (χ2n) is 5.60. The van der Waals surface area contributed by atoms with Crippen LogP contribution in [0.4, 0.5) is 11.5 Å². The molecule has 0 atom stereocenters. The highest BCUT2D eigenvalue weighted by Gasteiger charge is 2.30. The van der Waals surface area contributed by atoms with Crippen molar-refractivity contribution in [1.29, 1.82) is 0 Å². The van der Waals surface area contributed by atoms with E-state index in [1.54, 1.807) is 0 Å². The third-order valence-corrected chi connectivity index (χ3v) is 4.36. The van der Waals surface area contributed by atoms with Gasteiger partial charge in [0.1, 0.15) is 5.82 Å². The van der Waals surface area contributed by atoms with Crippen molar-refractivity contribution in [2.45, 2.75) is 40.0 Å². The van der Waals surface area contributed by atoms with E-state index in [1.165, 1.54) is 19.3 Å². The Morgan fingerprint density at radius 1 is 1.35 bits per heavy atom. The number of hydrogen-bond donors (Lipinski definition) is 1. The highest BCUT2D eigenvalue weighted by Crippen LogP contribution is 2.37. The zero-order valence-corrected chi connectivity index (χ0v) is 11.5. The summed E-state index contributed by atoms with van der Waals surface area (Å²) in [5.74, 6) is 1.10. The topological polar surface area (TPSA) is 47.1 Å². The molecule has 17 heavy (non-hydrogen) atoms. The number of nitrogen functional groups attached to an aromatic ring is 1. The van der Waals surface area contributed by atoms with E-state index >= 15 is 0 Å². The normalized spacial score (nSPS) is 19.6. The van der Waals surface area contributed by atoms with Gasteiger partial charge in [-0.1, -0.05) is 20.3 Å². The van der Waals surface area contributed by atoms with Gasteiger partial charge in [-0.2, -0.15) is 5.10 Å². The smallest absolute Gasteiger partial charge is 0.150 e. The lowest BCUT2D eigenvalue weighted by Crippen LogP contribution is -2.39. The highest BCUT2D eigenvalue weighted by atomic mass is 15.4. The summed E-state index contributed by atoms with van der Waals surface area (Å²) in [7, 11) is 1.98. The Balaban J connectivity index is 2.16. The fourth-order valence-electron chi connectivity index (χ4n) is 2.65. The minimum absolute atomic E-state index is 0.513. The summed E-state index contributed by atoms with van der Waals surface area (Å²) in [4.78, 5) is 2.38. The van der Waals surface area contributed by atoms with Crippen LogP contribution in [0.2, 0.25) is 0 Å². The molecule has 0 saturated carbocycles. The van der Waals surface area contributed by atoms with Gasteiger partial charge in [-0.25, -0.2) is 0 Å². The Hall–Kier alpha value is -1.19. The first-order valence-electron chi connectivity index (χ1n) is 6.51. The minimum atomic E-state index is 0.513. The van der Waals surface area contributed by atoms with E-state index in [9.17, 15) is 0 Å². The Bertz CT molecular complexity index is 400. The van der Waals surface area contributed by atoms with Crippen molar-refractivity contribution in [3.63, 3.8) is 0 Å². The van der Waals surface area contributed by atoms with Crippen LogP contribution >= 0.6 is 0 Å². The van der Waals surface area contributed by atoms with Crippen LogP contribution in [0.3, 0.4) is 0 Å². The number of anilines is 2. The van der Waals surface area contributed by atoms with Gasteiger partial charge >= 0.3 is 0 Å². The summed E-state index contributed by atoms with van der Waals surface area (Å²) in [6.45, 7) is 8.83. The van der Waals surface area contributed by atoms with Crippen LogP contribution in [-0.2, 0) is 7.05 Å². The average molecular weight is 236 g/mol. The molecule has 0 aromatic carbocycles. The lowest BCUT2D eigenvalue weighted by atomic mass is 9.78. The molecule has 1 saturated heterocycles. The second-order valence-corrected chi connectivity index (χ2v) is 5.60. The summed E-state index contributed by atoms with van der Waals surface area (Å²) in [5, 5.41) is 4.39. The average Bonchev–Trinajstić information content (AvgIpc) is 2.55. The molecule has 0 radical (unpaired) electrons. The number of piperidine rings is 1. The van der Waals surface area contributed by atoms with Crippen LogP contribution in [-0.4, -0.2) is 22.9 Å². The zero-order chi connectivity index (χ0) is 12.6. The minimum Gasteiger partial charge on any atom is -0.394 e. The molecule has 0 amide bonds. The molecule has 1 aliphatic heterocycles. The first-order chi connectivity index (χ1) is 7.97. The van der Waals surface area contributed by atoms with Crippen LogP contribution in [0.15, 0.2) is 0 Å². The van der Waals surface area contributed by atoms with E-state index in [-0.39, 0.29) is 0 Å². The standard InChI is InChI=1S/C13H24N4/c1-5-13(3)6-8-17(9-7-13)12-11(14)10(2)15-16(12)4/h5-9,14H2,1-4H3. The molecule has 4 nitrogen and oxygen atoms in total. The van der Waals surface area contributed by atoms with Crippen molar-refractivity contribution in [3.05, 3.63) is 5.69 Å². The SMILES string of the molecule is CCC1(C)CCN(c2c(N)c(C)nn2C)CC1. The molecule has 0 aliphatic carbocycles. The summed E-state index contributed by atoms with van der Waals surface area (Å²) in [6, 6.07) is 0.